The van der Waals surface area contributed by atoms with Crippen LogP contribution in [0.2, 0.25) is 0 Å². The Morgan fingerprint density at radius 2 is 1.24 bits per heavy atom. The number of aromatic nitrogens is 2. The molecule has 1 N–H and O–H groups in total. The molecule has 0 bridgehead atoms. The van der Waals surface area contributed by atoms with Crippen molar-refractivity contribution >= 4 is 17.9 Å². The van der Waals surface area contributed by atoms with E-state index in [4.69, 9.17) is 18.9 Å². The van der Waals surface area contributed by atoms with Gasteiger partial charge in [-0.3, -0.25) is 15.0 Å². The third-order valence-electron chi connectivity index (χ3n) is 7.97. The van der Waals surface area contributed by atoms with E-state index >= 15 is 0 Å². The lowest BCUT2D eigenvalue weighted by atomic mass is 10.0. The maximum absolute atomic E-state index is 6.09. The minimum Gasteiger partial charge on any atom is -0.493 e. The average Bonchev–Trinajstić information content (AvgIpc) is 3.09. The van der Waals surface area contributed by atoms with Crippen molar-refractivity contribution in [1.82, 2.24) is 15.3 Å². The topological polar surface area (TPSA) is 87.1 Å². The van der Waals surface area contributed by atoms with Crippen LogP contribution in [0, 0.1) is 20.8 Å². The number of nitrogens with zero attached hydrogens (tertiary/aromatic N) is 3. The van der Waals surface area contributed by atoms with E-state index in [1.165, 1.54) is 0 Å². The highest BCUT2D eigenvalue weighted by Crippen LogP contribution is 2.31. The largest absolute Gasteiger partial charge is 0.493 e. The second-order valence-corrected chi connectivity index (χ2v) is 11.7. The van der Waals surface area contributed by atoms with Gasteiger partial charge in [-0.1, -0.05) is 74.6 Å². The van der Waals surface area contributed by atoms with Gasteiger partial charge in [-0.05, 0) is 83.4 Å². The number of aryl methyl sites for hydroxylation is 3. The molecule has 1 unspecified atom stereocenters. The molecule has 2 heterocycles. The third-order valence-corrected chi connectivity index (χ3v) is 7.97. The molecule has 4 rings (SSSR count). The van der Waals surface area contributed by atoms with Crippen LogP contribution < -0.4 is 24.3 Å². The number of ether oxygens (including phenoxy) is 4. The zero-order valence-corrected chi connectivity index (χ0v) is 30.9. The summed E-state index contributed by atoms with van der Waals surface area (Å²) in [6.45, 7) is 25.1. The van der Waals surface area contributed by atoms with Crippen LogP contribution in [0.3, 0.4) is 0 Å². The Kier molecular flexibility index (Phi) is 14.4. The second-order valence-electron chi connectivity index (χ2n) is 11.7. The van der Waals surface area contributed by atoms with Crippen LogP contribution in [0.4, 0.5) is 0 Å². The Balaban J connectivity index is 0.00000319. The van der Waals surface area contributed by atoms with E-state index in [0.29, 0.717) is 42.6 Å². The number of aliphatic imine (C=N–C) groups is 1. The number of hydrogen-bond donors (Lipinski definition) is 1. The number of nitrogens with one attached hydrogen (secondary N) is 1. The summed E-state index contributed by atoms with van der Waals surface area (Å²) in [5, 5.41) is 3.46. The summed E-state index contributed by atoms with van der Waals surface area (Å²) in [7, 11) is 3.27. The van der Waals surface area contributed by atoms with E-state index in [1.807, 2.05) is 109 Å². The molecular formula is C41H52N4O4. The second kappa shape index (κ2) is 18.4. The molecular weight excluding hydrogens is 612 g/mol. The predicted octanol–water partition coefficient (Wildman–Crippen LogP) is 9.32. The molecule has 0 spiro atoms. The van der Waals surface area contributed by atoms with Crippen molar-refractivity contribution in [2.24, 2.45) is 4.99 Å². The fourth-order valence-corrected chi connectivity index (χ4v) is 4.89. The van der Waals surface area contributed by atoms with E-state index in [2.05, 4.69) is 40.4 Å². The Labute approximate surface area is 293 Å². The Bertz CT molecular complexity index is 1770. The minimum absolute atomic E-state index is 0.182. The number of benzene rings is 2. The summed E-state index contributed by atoms with van der Waals surface area (Å²) in [4.78, 5) is 13.8. The van der Waals surface area contributed by atoms with Gasteiger partial charge in [0, 0.05) is 5.71 Å². The zero-order chi connectivity index (χ0) is 36.1. The fraction of sp³-hybridized carbons (Fsp3) is 0.341. The van der Waals surface area contributed by atoms with Gasteiger partial charge >= 0.3 is 0 Å². The summed E-state index contributed by atoms with van der Waals surface area (Å²) in [6, 6.07) is 11.9. The van der Waals surface area contributed by atoms with E-state index in [0.717, 1.165) is 62.2 Å². The lowest BCUT2D eigenvalue weighted by molar-refractivity contribution is 0.279. The molecule has 1 aliphatic heterocycles. The molecule has 0 aliphatic carbocycles. The van der Waals surface area contributed by atoms with Crippen molar-refractivity contribution in [1.29, 1.82) is 0 Å². The highest BCUT2D eigenvalue weighted by molar-refractivity contribution is 5.88. The molecule has 0 saturated carbocycles. The highest BCUT2D eigenvalue weighted by atomic mass is 16.5. The molecule has 0 amide bonds. The van der Waals surface area contributed by atoms with Gasteiger partial charge in [-0.15, -0.1) is 0 Å². The summed E-state index contributed by atoms with van der Waals surface area (Å²) in [5.74, 6) is 2.62. The molecule has 8 heteroatoms. The van der Waals surface area contributed by atoms with Crippen molar-refractivity contribution in [3.05, 3.63) is 118 Å². The van der Waals surface area contributed by atoms with Gasteiger partial charge < -0.3 is 24.3 Å². The molecule has 3 aromatic rings. The van der Waals surface area contributed by atoms with Gasteiger partial charge in [0.05, 0.1) is 54.4 Å². The van der Waals surface area contributed by atoms with Crippen LogP contribution in [0.15, 0.2) is 89.2 Å². The number of hydrogen-bond acceptors (Lipinski definition) is 8. The first kappa shape index (κ1) is 38.3. The maximum Gasteiger partial charge on any atom is 0.161 e. The first-order valence-corrected chi connectivity index (χ1v) is 16.6. The molecule has 0 fully saturated rings. The van der Waals surface area contributed by atoms with Gasteiger partial charge in [0.1, 0.15) is 13.2 Å². The van der Waals surface area contributed by atoms with Crippen molar-refractivity contribution in [2.75, 3.05) is 20.8 Å². The normalized spacial score (nSPS) is 14.2. The lowest BCUT2D eigenvalue weighted by Gasteiger charge is -2.24. The minimum atomic E-state index is 0.182. The van der Waals surface area contributed by atoms with Crippen LogP contribution in [0.25, 0.3) is 12.2 Å². The van der Waals surface area contributed by atoms with Crippen molar-refractivity contribution < 1.29 is 18.9 Å². The Morgan fingerprint density at radius 3 is 1.78 bits per heavy atom. The Morgan fingerprint density at radius 1 is 0.735 bits per heavy atom. The molecule has 1 aromatic heterocycles. The molecule has 1 aliphatic rings. The highest BCUT2D eigenvalue weighted by Gasteiger charge is 2.17. The van der Waals surface area contributed by atoms with Crippen LogP contribution in [-0.2, 0) is 6.61 Å². The standard InChI is InChI=1S/C39H46N4O4.C2H6/c1-24(11-13-32-15-17-36(38(20-32)44-9)46-22-34-30(7)40-26(3)28(5)42-34)19-25(2)12-14-33-16-18-37(39(21-33)45-10)47-23-35-31(8)41-27(4)29(6)43-35;1-2/h11-18,20-21,28,42H,1-2,19,22-23H2,3-10H3;1-2H3/b13-11+,14-12+;. The first-order chi connectivity index (χ1) is 23.5. The van der Waals surface area contributed by atoms with Gasteiger partial charge in [0.15, 0.2) is 23.0 Å². The van der Waals surface area contributed by atoms with Gasteiger partial charge in [-0.25, -0.2) is 0 Å². The summed E-state index contributed by atoms with van der Waals surface area (Å²) in [6.07, 6.45) is 8.62. The smallest absolute Gasteiger partial charge is 0.161 e. The zero-order valence-electron chi connectivity index (χ0n) is 30.9. The third kappa shape index (κ3) is 11.0. The van der Waals surface area contributed by atoms with Crippen molar-refractivity contribution in [3.8, 4) is 23.0 Å². The van der Waals surface area contributed by atoms with Crippen molar-refractivity contribution in [2.45, 2.75) is 74.5 Å². The molecule has 0 saturated heterocycles. The molecule has 49 heavy (non-hydrogen) atoms. The lowest BCUT2D eigenvalue weighted by Crippen LogP contribution is -2.37. The van der Waals surface area contributed by atoms with Crippen LogP contribution in [0.5, 0.6) is 23.0 Å². The summed E-state index contributed by atoms with van der Waals surface area (Å²) >= 11 is 0. The summed E-state index contributed by atoms with van der Waals surface area (Å²) in [5.41, 5.74) is 10.3. The molecule has 1 atom stereocenters. The first-order valence-electron chi connectivity index (χ1n) is 16.6. The van der Waals surface area contributed by atoms with E-state index in [-0.39, 0.29) is 6.04 Å². The number of methoxy groups -OCH3 is 2. The van der Waals surface area contributed by atoms with Crippen molar-refractivity contribution in [3.63, 3.8) is 0 Å². The van der Waals surface area contributed by atoms with Gasteiger partial charge in [0.25, 0.3) is 0 Å². The SMILES string of the molecule is C=C(/C=C/c1ccc(OCC2=C(C)N=C(C)C(C)N2)c(OC)c1)CC(=C)/C=C/c1ccc(OCc2nc(C)c(C)nc2C)c(OC)c1.CC. The molecule has 8 nitrogen and oxygen atoms in total. The maximum atomic E-state index is 6.09. The van der Waals surface area contributed by atoms with Crippen LogP contribution >= 0.6 is 0 Å². The quantitative estimate of drug-likeness (QED) is 0.172. The molecule has 0 radical (unpaired) electrons. The predicted molar refractivity (Wildman–Crippen MR) is 203 cm³/mol. The number of allylic oxidation sites excluding steroid dienone is 5. The van der Waals surface area contributed by atoms with Gasteiger partial charge in [-0.2, -0.15) is 0 Å². The molecule has 260 valence electrons. The number of rotatable bonds is 14. The van der Waals surface area contributed by atoms with Gasteiger partial charge in [0.2, 0.25) is 0 Å². The Hall–Kier alpha value is -5.11. The average molecular weight is 665 g/mol. The van der Waals surface area contributed by atoms with E-state index in [9.17, 15) is 0 Å². The van der Waals surface area contributed by atoms with Crippen LogP contribution in [0.1, 0.15) is 74.9 Å². The summed E-state index contributed by atoms with van der Waals surface area (Å²) < 4.78 is 23.3. The van der Waals surface area contributed by atoms with E-state index in [1.54, 1.807) is 14.2 Å². The van der Waals surface area contributed by atoms with Crippen LogP contribution in [-0.4, -0.2) is 42.5 Å². The molecule has 2 aromatic carbocycles. The monoisotopic (exact) mass is 664 g/mol. The fourth-order valence-electron chi connectivity index (χ4n) is 4.89. The van der Waals surface area contributed by atoms with E-state index < -0.39 is 0 Å².